The molecule has 6 atom stereocenters. The number of carbonyl (C=O) groups excluding carboxylic acids is 2. The largest absolute Gasteiger partial charge is 0.472 e. The third-order valence-corrected chi connectivity index (χ3v) is 12.8. The van der Waals surface area contributed by atoms with Gasteiger partial charge >= 0.3 is 27.6 Å². The van der Waals surface area contributed by atoms with Crippen LogP contribution in [-0.4, -0.2) is 92.8 Å². The van der Waals surface area contributed by atoms with Crippen LogP contribution in [0.1, 0.15) is 194 Å². The Morgan fingerprint density at radius 2 is 1.00 bits per heavy atom. The molecule has 406 valence electrons. The molecule has 0 aromatic heterocycles. The molecule has 0 saturated carbocycles. The molecular weight excluding hydrogens is 939 g/mol. The Balaban J connectivity index is 4.57. The number of esters is 2. The maximum absolute atomic E-state index is 12.8. The number of phosphoric ester groups is 2. The molecule has 6 N–H and O–H groups in total. The summed E-state index contributed by atoms with van der Waals surface area (Å²) in [7, 11) is -9.75. The van der Waals surface area contributed by atoms with E-state index in [1.807, 2.05) is 37.3 Å². The highest BCUT2D eigenvalue weighted by molar-refractivity contribution is 7.47. The van der Waals surface area contributed by atoms with Gasteiger partial charge in [-0.15, -0.1) is 0 Å². The van der Waals surface area contributed by atoms with Gasteiger partial charge in [-0.3, -0.25) is 23.2 Å². The Hall–Kier alpha value is -2.52. The van der Waals surface area contributed by atoms with Gasteiger partial charge in [0.1, 0.15) is 12.7 Å². The van der Waals surface area contributed by atoms with Gasteiger partial charge in [-0.25, -0.2) is 9.13 Å². The number of ether oxygens (including phenoxy) is 2. The summed E-state index contributed by atoms with van der Waals surface area (Å²) in [5.74, 6) is -0.321. The van der Waals surface area contributed by atoms with Gasteiger partial charge < -0.3 is 39.5 Å². The minimum atomic E-state index is -4.89. The monoisotopic (exact) mass is 1030 g/mol. The van der Waals surface area contributed by atoms with E-state index in [1.165, 1.54) is 96.3 Å². The van der Waals surface area contributed by atoms with E-state index in [-0.39, 0.29) is 12.8 Å². The number of hydrogen-bond donors (Lipinski definition) is 6. The third-order valence-electron chi connectivity index (χ3n) is 11.3. The van der Waals surface area contributed by atoms with Crippen LogP contribution in [0.3, 0.4) is 0 Å². The van der Waals surface area contributed by atoms with Gasteiger partial charge in [-0.05, 0) is 44.4 Å². The minimum Gasteiger partial charge on any atom is -0.462 e. The summed E-state index contributed by atoms with van der Waals surface area (Å²) >= 11 is 0. The summed E-state index contributed by atoms with van der Waals surface area (Å²) in [6.07, 6.45) is 45.3. The van der Waals surface area contributed by atoms with Crippen molar-refractivity contribution in [2.24, 2.45) is 5.92 Å². The molecule has 0 aliphatic carbocycles. The first-order valence-corrected chi connectivity index (χ1v) is 29.3. The van der Waals surface area contributed by atoms with Gasteiger partial charge in [0.25, 0.3) is 0 Å². The average molecular weight is 1030 g/mol. The zero-order chi connectivity index (χ0) is 52.0. The lowest BCUT2D eigenvalue weighted by atomic mass is 9.99. The van der Waals surface area contributed by atoms with Crippen molar-refractivity contribution < 1.29 is 71.8 Å². The van der Waals surface area contributed by atoms with Crippen molar-refractivity contribution in [1.29, 1.82) is 0 Å². The fourth-order valence-corrected chi connectivity index (χ4v) is 8.09. The van der Waals surface area contributed by atoms with Crippen molar-refractivity contribution in [3.8, 4) is 0 Å². The Morgan fingerprint density at radius 1 is 0.529 bits per heavy atom. The number of aliphatic hydroxyl groups excluding tert-OH is 3. The highest BCUT2D eigenvalue weighted by atomic mass is 31.2. The molecule has 0 rings (SSSR count). The maximum Gasteiger partial charge on any atom is 0.472 e. The predicted octanol–water partition coefficient (Wildman–Crippen LogP) is 12.3. The van der Waals surface area contributed by atoms with E-state index in [4.69, 9.17) is 28.3 Å². The summed E-state index contributed by atoms with van der Waals surface area (Å²) in [5.41, 5.74) is 0. The number of unbranched alkanes of at least 4 members (excludes halogenated alkanes) is 17. The van der Waals surface area contributed by atoms with E-state index in [0.29, 0.717) is 32.1 Å². The lowest BCUT2D eigenvalue weighted by Crippen LogP contribution is -2.29. The topological polar surface area (TPSA) is 236 Å². The number of phosphoric acid groups is 2. The molecule has 70 heavy (non-hydrogen) atoms. The Kier molecular flexibility index (Phi) is 44.6. The molecule has 0 saturated heterocycles. The standard InChI is InChI=1S/C53H94O15P2/c1-4-6-29-37-48(54)39-32-27-28-33-40-49(55)38-31-24-21-22-25-34-41-52(57)64-45-51(46-67-70(62,63)66-44-50(56)43-65-69(59,60)61)68-53(58)42-35-26-20-18-16-14-12-10-8-7-9-11-13-15-17-19-23-30-36-47(3)5-2/h6,22,24-25,27-29,31-33,39-40,47-51,54-56H,4-5,7-21,23,26,30,34-38,41-46H2,1-3H3,(H,62,63)(H2,59,60,61)/b25-22-,28-27-,29-6-,31-24-,39-32+,40-33+/t47?,48-,49+,50+,51-/m1/s1. The molecule has 2 unspecified atom stereocenters. The zero-order valence-electron chi connectivity index (χ0n) is 43.0. The Labute approximate surface area is 421 Å². The van der Waals surface area contributed by atoms with Crippen molar-refractivity contribution in [2.75, 3.05) is 26.4 Å². The molecule has 0 aromatic rings. The summed E-state index contributed by atoms with van der Waals surface area (Å²) in [5, 5.41) is 29.8. The maximum atomic E-state index is 12.8. The summed E-state index contributed by atoms with van der Waals surface area (Å²) in [4.78, 5) is 52.9. The molecule has 0 aliphatic rings. The van der Waals surface area contributed by atoms with Gasteiger partial charge in [0, 0.05) is 12.8 Å². The first-order chi connectivity index (χ1) is 33.6. The smallest absolute Gasteiger partial charge is 0.462 e. The number of allylic oxidation sites excluding steroid dienone is 8. The normalized spacial score (nSPS) is 15.7. The van der Waals surface area contributed by atoms with E-state index >= 15 is 0 Å². The third kappa shape index (κ3) is 49.1. The van der Waals surface area contributed by atoms with Gasteiger partial charge in [-0.2, -0.15) is 0 Å². The lowest BCUT2D eigenvalue weighted by Gasteiger charge is -2.20. The highest BCUT2D eigenvalue weighted by Crippen LogP contribution is 2.44. The molecule has 0 aromatic carbocycles. The summed E-state index contributed by atoms with van der Waals surface area (Å²) in [6.45, 7) is 3.78. The zero-order valence-corrected chi connectivity index (χ0v) is 44.8. The predicted molar refractivity (Wildman–Crippen MR) is 279 cm³/mol. The highest BCUT2D eigenvalue weighted by Gasteiger charge is 2.28. The molecular formula is C53H94O15P2. The second kappa shape index (κ2) is 46.3. The SMILES string of the molecule is CC/C=C\C[C@@H](O)/C=C/C=C\C=C\[C@@H](O)C/C=C\C/C=C\CCC(=O)OC[C@H](COP(=O)(O)OC[C@@H](O)COP(=O)(O)O)OC(=O)CCCCCCCCCCCCCCCCCCCCC(C)CC. The van der Waals surface area contributed by atoms with Crippen LogP contribution in [0.2, 0.25) is 0 Å². The van der Waals surface area contributed by atoms with Crippen molar-refractivity contribution in [1.82, 2.24) is 0 Å². The fourth-order valence-electron chi connectivity index (χ4n) is 6.94. The first-order valence-electron chi connectivity index (χ1n) is 26.2. The van der Waals surface area contributed by atoms with E-state index < -0.39 is 78.4 Å². The second-order valence-electron chi connectivity index (χ2n) is 18.1. The van der Waals surface area contributed by atoms with E-state index in [1.54, 1.807) is 42.5 Å². The van der Waals surface area contributed by atoms with E-state index in [2.05, 4.69) is 18.4 Å². The van der Waals surface area contributed by atoms with Crippen molar-refractivity contribution in [3.05, 3.63) is 72.9 Å². The molecule has 0 spiro atoms. The summed E-state index contributed by atoms with van der Waals surface area (Å²) < 4.78 is 47.9. The Bertz CT molecular complexity index is 1560. The van der Waals surface area contributed by atoms with Crippen LogP contribution in [0.15, 0.2) is 72.9 Å². The quantitative estimate of drug-likeness (QED) is 0.0109. The van der Waals surface area contributed by atoms with Crippen LogP contribution in [0, 0.1) is 5.92 Å². The molecule has 0 bridgehead atoms. The number of hydrogen-bond acceptors (Lipinski definition) is 12. The molecule has 0 aliphatic heterocycles. The molecule has 0 fully saturated rings. The van der Waals surface area contributed by atoms with Crippen molar-refractivity contribution >= 4 is 27.6 Å². The lowest BCUT2D eigenvalue weighted by molar-refractivity contribution is -0.161. The molecule has 0 heterocycles. The van der Waals surface area contributed by atoms with Crippen LogP contribution in [0.25, 0.3) is 0 Å². The van der Waals surface area contributed by atoms with Crippen LogP contribution in [0.5, 0.6) is 0 Å². The minimum absolute atomic E-state index is 0.0120. The number of carbonyl (C=O) groups is 2. The van der Waals surface area contributed by atoms with Crippen molar-refractivity contribution in [2.45, 2.75) is 219 Å². The van der Waals surface area contributed by atoms with Gasteiger partial charge in [0.15, 0.2) is 6.10 Å². The van der Waals surface area contributed by atoms with Crippen LogP contribution >= 0.6 is 15.6 Å². The average Bonchev–Trinajstić information content (AvgIpc) is 3.32. The second-order valence-corrected chi connectivity index (χ2v) is 20.8. The van der Waals surface area contributed by atoms with E-state index in [9.17, 15) is 38.9 Å². The van der Waals surface area contributed by atoms with E-state index in [0.717, 1.165) is 38.0 Å². The molecule has 17 heteroatoms. The van der Waals surface area contributed by atoms with Crippen molar-refractivity contribution in [3.63, 3.8) is 0 Å². The van der Waals surface area contributed by atoms with Gasteiger partial charge in [0.05, 0.1) is 32.0 Å². The van der Waals surface area contributed by atoms with Crippen LogP contribution < -0.4 is 0 Å². The molecule has 15 nitrogen and oxygen atoms in total. The molecule has 0 amide bonds. The Morgan fingerprint density at radius 3 is 1.51 bits per heavy atom. The van der Waals surface area contributed by atoms with Crippen LogP contribution in [0.4, 0.5) is 0 Å². The first kappa shape index (κ1) is 67.5. The van der Waals surface area contributed by atoms with Crippen LogP contribution in [-0.2, 0) is 41.8 Å². The van der Waals surface area contributed by atoms with Gasteiger partial charge in [-0.1, -0.05) is 216 Å². The number of aliphatic hydroxyl groups is 3. The summed E-state index contributed by atoms with van der Waals surface area (Å²) in [6, 6.07) is 0. The van der Waals surface area contributed by atoms with Gasteiger partial charge in [0.2, 0.25) is 0 Å². The number of rotatable bonds is 48. The molecule has 0 radical (unpaired) electrons. The fraction of sp³-hybridized carbons (Fsp3) is 0.736.